The summed E-state index contributed by atoms with van der Waals surface area (Å²) in [5.41, 5.74) is 8.76. The largest absolute Gasteiger partial charge is 0.397 e. The van der Waals surface area contributed by atoms with Crippen LogP contribution in [0.5, 0.6) is 0 Å². The summed E-state index contributed by atoms with van der Waals surface area (Å²) in [5.74, 6) is 0. The first kappa shape index (κ1) is 7.28. The molecule has 4 N–H and O–H groups in total. The molecule has 1 aliphatic rings. The Morgan fingerprint density at radius 2 is 2.33 bits per heavy atom. The Morgan fingerprint density at radius 1 is 1.50 bits per heavy atom. The fourth-order valence-corrected chi connectivity index (χ4v) is 1.44. The monoisotopic (exact) mass is 163 g/mol. The second-order valence-corrected chi connectivity index (χ2v) is 3.20. The number of hydrogen-bond donors (Lipinski definition) is 3. The topological polar surface area (TPSA) is 50.1 Å². The summed E-state index contributed by atoms with van der Waals surface area (Å²) in [5, 5.41) is 6.65. The molecule has 1 aliphatic heterocycles. The quantitative estimate of drug-likeness (QED) is 0.508. The van der Waals surface area contributed by atoms with Crippen LogP contribution in [-0.4, -0.2) is 12.6 Å². The van der Waals surface area contributed by atoms with Crippen LogP contribution in [0.2, 0.25) is 0 Å². The van der Waals surface area contributed by atoms with Gasteiger partial charge < -0.3 is 16.4 Å². The number of para-hydroxylation sites is 1. The zero-order valence-electron chi connectivity index (χ0n) is 7.09. The molecular weight excluding hydrogens is 150 g/mol. The maximum atomic E-state index is 5.80. The van der Waals surface area contributed by atoms with E-state index in [0.717, 1.165) is 23.6 Å². The predicted molar refractivity (Wildman–Crippen MR) is 52.4 cm³/mol. The third-order valence-corrected chi connectivity index (χ3v) is 2.09. The molecule has 0 fully saturated rings. The molecule has 0 saturated heterocycles. The number of rotatable bonds is 0. The van der Waals surface area contributed by atoms with Gasteiger partial charge in [-0.25, -0.2) is 0 Å². The first-order chi connectivity index (χ1) is 5.77. The number of nitrogens with two attached hydrogens (primary N) is 1. The lowest BCUT2D eigenvalue weighted by molar-refractivity contribution is 0.818. The van der Waals surface area contributed by atoms with E-state index in [1.807, 2.05) is 18.2 Å². The second-order valence-electron chi connectivity index (χ2n) is 3.20. The first-order valence-electron chi connectivity index (χ1n) is 4.16. The van der Waals surface area contributed by atoms with Gasteiger partial charge in [0.25, 0.3) is 0 Å². The van der Waals surface area contributed by atoms with Crippen molar-refractivity contribution in [2.24, 2.45) is 0 Å². The van der Waals surface area contributed by atoms with Crippen molar-refractivity contribution in [2.45, 2.75) is 13.0 Å². The zero-order valence-corrected chi connectivity index (χ0v) is 7.09. The van der Waals surface area contributed by atoms with Crippen LogP contribution in [0.3, 0.4) is 0 Å². The molecule has 2 rings (SSSR count). The standard InChI is InChI=1S/C9H13N3/c1-6-5-11-8-4-2-3-7(10)9(8)12-6/h2-4,6,11-12H,5,10H2,1H3. The normalized spacial score (nSPS) is 20.6. The Labute approximate surface area is 72.0 Å². The molecule has 0 saturated carbocycles. The molecule has 1 aromatic rings. The summed E-state index contributed by atoms with van der Waals surface area (Å²) in [7, 11) is 0. The number of hydrogen-bond acceptors (Lipinski definition) is 3. The molecule has 3 nitrogen and oxygen atoms in total. The van der Waals surface area contributed by atoms with E-state index in [9.17, 15) is 0 Å². The van der Waals surface area contributed by atoms with E-state index in [-0.39, 0.29) is 0 Å². The van der Waals surface area contributed by atoms with Gasteiger partial charge in [-0.3, -0.25) is 0 Å². The molecule has 0 aliphatic carbocycles. The van der Waals surface area contributed by atoms with Crippen LogP contribution in [0, 0.1) is 0 Å². The highest BCUT2D eigenvalue weighted by Gasteiger charge is 2.14. The van der Waals surface area contributed by atoms with E-state index < -0.39 is 0 Å². The van der Waals surface area contributed by atoms with Crippen LogP contribution in [0.15, 0.2) is 18.2 Å². The van der Waals surface area contributed by atoms with Gasteiger partial charge in [0.1, 0.15) is 0 Å². The highest BCUT2D eigenvalue weighted by molar-refractivity contribution is 5.82. The van der Waals surface area contributed by atoms with Gasteiger partial charge in [0.2, 0.25) is 0 Å². The Balaban J connectivity index is 2.43. The maximum Gasteiger partial charge on any atom is 0.0812 e. The minimum absolute atomic E-state index is 0.446. The van der Waals surface area contributed by atoms with E-state index in [2.05, 4.69) is 17.6 Å². The van der Waals surface area contributed by atoms with Crippen molar-refractivity contribution in [2.75, 3.05) is 22.9 Å². The van der Waals surface area contributed by atoms with Crippen molar-refractivity contribution >= 4 is 17.1 Å². The average molecular weight is 163 g/mol. The number of nitrogen functional groups attached to an aromatic ring is 1. The summed E-state index contributed by atoms with van der Waals surface area (Å²) in [6.45, 7) is 3.08. The van der Waals surface area contributed by atoms with E-state index in [4.69, 9.17) is 5.73 Å². The molecule has 12 heavy (non-hydrogen) atoms. The highest BCUT2D eigenvalue weighted by Crippen LogP contribution is 2.31. The molecule has 0 spiro atoms. The van der Waals surface area contributed by atoms with E-state index in [1.54, 1.807) is 0 Å². The van der Waals surface area contributed by atoms with E-state index >= 15 is 0 Å². The van der Waals surface area contributed by atoms with Crippen LogP contribution < -0.4 is 16.4 Å². The zero-order chi connectivity index (χ0) is 8.55. The predicted octanol–water partition coefficient (Wildman–Crippen LogP) is 1.49. The number of benzene rings is 1. The van der Waals surface area contributed by atoms with Crippen molar-refractivity contribution < 1.29 is 0 Å². The van der Waals surface area contributed by atoms with Gasteiger partial charge in [-0.05, 0) is 19.1 Å². The summed E-state index contributed by atoms with van der Waals surface area (Å²) < 4.78 is 0. The third kappa shape index (κ3) is 1.07. The minimum atomic E-state index is 0.446. The number of anilines is 3. The summed E-state index contributed by atoms with van der Waals surface area (Å²) >= 11 is 0. The molecule has 0 aromatic heterocycles. The Hall–Kier alpha value is -1.38. The lowest BCUT2D eigenvalue weighted by Gasteiger charge is -2.26. The molecule has 0 bridgehead atoms. The van der Waals surface area contributed by atoms with Crippen LogP contribution in [0.4, 0.5) is 17.1 Å². The summed E-state index contributed by atoms with van der Waals surface area (Å²) in [4.78, 5) is 0. The van der Waals surface area contributed by atoms with Crippen molar-refractivity contribution in [3.8, 4) is 0 Å². The van der Waals surface area contributed by atoms with Crippen LogP contribution in [0.25, 0.3) is 0 Å². The van der Waals surface area contributed by atoms with Gasteiger partial charge in [0.15, 0.2) is 0 Å². The Bertz CT molecular complexity index is 296. The van der Waals surface area contributed by atoms with Crippen molar-refractivity contribution in [1.82, 2.24) is 0 Å². The number of fused-ring (bicyclic) bond motifs is 1. The third-order valence-electron chi connectivity index (χ3n) is 2.09. The van der Waals surface area contributed by atoms with Crippen molar-refractivity contribution in [3.63, 3.8) is 0 Å². The second kappa shape index (κ2) is 2.59. The van der Waals surface area contributed by atoms with Gasteiger partial charge in [-0.2, -0.15) is 0 Å². The van der Waals surface area contributed by atoms with Gasteiger partial charge in [-0.1, -0.05) is 6.07 Å². The van der Waals surface area contributed by atoms with Crippen LogP contribution in [-0.2, 0) is 0 Å². The van der Waals surface area contributed by atoms with Crippen LogP contribution >= 0.6 is 0 Å². The van der Waals surface area contributed by atoms with Gasteiger partial charge in [0.05, 0.1) is 17.1 Å². The smallest absolute Gasteiger partial charge is 0.0812 e. The highest BCUT2D eigenvalue weighted by atomic mass is 15.1. The van der Waals surface area contributed by atoms with Gasteiger partial charge in [0, 0.05) is 12.6 Å². The van der Waals surface area contributed by atoms with Crippen molar-refractivity contribution in [1.29, 1.82) is 0 Å². The SMILES string of the molecule is CC1CNc2cccc(N)c2N1. The molecule has 1 atom stereocenters. The molecule has 0 amide bonds. The van der Waals surface area contributed by atoms with Crippen LogP contribution in [0.1, 0.15) is 6.92 Å². The van der Waals surface area contributed by atoms with E-state index in [1.165, 1.54) is 0 Å². The molecule has 1 unspecified atom stereocenters. The molecule has 1 heterocycles. The Kier molecular flexibility index (Phi) is 1.57. The molecule has 0 radical (unpaired) electrons. The fraction of sp³-hybridized carbons (Fsp3) is 0.333. The van der Waals surface area contributed by atoms with Gasteiger partial charge in [-0.15, -0.1) is 0 Å². The first-order valence-corrected chi connectivity index (χ1v) is 4.16. The maximum absolute atomic E-state index is 5.80. The fourth-order valence-electron chi connectivity index (χ4n) is 1.44. The summed E-state index contributed by atoms with van der Waals surface area (Å²) in [6, 6.07) is 6.34. The number of nitrogens with one attached hydrogen (secondary N) is 2. The summed E-state index contributed by atoms with van der Waals surface area (Å²) in [6.07, 6.45) is 0. The Morgan fingerprint density at radius 3 is 3.17 bits per heavy atom. The molecule has 3 heteroatoms. The van der Waals surface area contributed by atoms with Crippen molar-refractivity contribution in [3.05, 3.63) is 18.2 Å². The molecule has 1 aromatic carbocycles. The average Bonchev–Trinajstić information content (AvgIpc) is 2.07. The molecular formula is C9H13N3. The lowest BCUT2D eigenvalue weighted by atomic mass is 10.1. The lowest BCUT2D eigenvalue weighted by Crippen LogP contribution is -2.30. The minimum Gasteiger partial charge on any atom is -0.397 e. The molecule has 64 valence electrons. The van der Waals surface area contributed by atoms with Gasteiger partial charge >= 0.3 is 0 Å². The van der Waals surface area contributed by atoms with E-state index in [0.29, 0.717) is 6.04 Å².